The predicted molar refractivity (Wildman–Crippen MR) is 156 cm³/mol. The summed E-state index contributed by atoms with van der Waals surface area (Å²) in [5.41, 5.74) is 7.48. The van der Waals surface area contributed by atoms with Gasteiger partial charge in [-0.3, -0.25) is 9.79 Å². The fourth-order valence-corrected chi connectivity index (χ4v) is 3.95. The zero-order valence-corrected chi connectivity index (χ0v) is 22.7. The van der Waals surface area contributed by atoms with Crippen LogP contribution in [0.4, 0.5) is 5.69 Å². The Morgan fingerprint density at radius 3 is 2.37 bits per heavy atom. The van der Waals surface area contributed by atoms with Crippen molar-refractivity contribution >= 4 is 17.4 Å². The number of benzene rings is 2. The number of nitrogens with zero attached hydrogens (tertiary/aromatic N) is 1. The molecule has 0 aliphatic heterocycles. The fraction of sp³-hybridized carbons (Fsp3) is 0.419. The SMILES string of the molecule is C=C(Cc1ccc(NC(=O)c2cccc3c2CCCC3)cc1)NC(/C=C(\C)C(C)(C)C)=NC.CC.[HH].[HH]. The van der Waals surface area contributed by atoms with E-state index in [0.717, 1.165) is 47.6 Å². The third-order valence-electron chi connectivity index (χ3n) is 6.35. The Balaban J connectivity index is 0.00000316. The van der Waals surface area contributed by atoms with Gasteiger partial charge >= 0.3 is 0 Å². The number of carbonyl (C=O) groups is 1. The highest BCUT2D eigenvalue weighted by molar-refractivity contribution is 6.05. The Labute approximate surface area is 215 Å². The first-order valence-electron chi connectivity index (χ1n) is 12.8. The van der Waals surface area contributed by atoms with Crippen LogP contribution in [0, 0.1) is 5.41 Å². The Bertz CT molecular complexity index is 1080. The summed E-state index contributed by atoms with van der Waals surface area (Å²) in [5.74, 6) is 0.778. The highest BCUT2D eigenvalue weighted by Gasteiger charge is 2.17. The number of nitrogens with one attached hydrogen (secondary N) is 2. The molecular weight excluding hydrogens is 430 g/mol. The maximum Gasteiger partial charge on any atom is 0.255 e. The molecule has 3 rings (SSSR count). The number of fused-ring (bicyclic) bond motifs is 1. The lowest BCUT2D eigenvalue weighted by Gasteiger charge is -2.20. The molecule has 0 unspecified atom stereocenters. The molecule has 0 saturated heterocycles. The van der Waals surface area contributed by atoms with Crippen molar-refractivity contribution in [2.24, 2.45) is 10.4 Å². The molecule has 4 heteroatoms. The third-order valence-corrected chi connectivity index (χ3v) is 6.35. The van der Waals surface area contributed by atoms with Gasteiger partial charge in [0.05, 0.1) is 0 Å². The van der Waals surface area contributed by atoms with E-state index < -0.39 is 0 Å². The second-order valence-electron chi connectivity index (χ2n) is 9.89. The first-order chi connectivity index (χ1) is 16.7. The molecule has 1 aliphatic rings. The second-order valence-corrected chi connectivity index (χ2v) is 9.89. The Morgan fingerprint density at radius 1 is 1.09 bits per heavy atom. The van der Waals surface area contributed by atoms with Crippen LogP contribution in [0.25, 0.3) is 0 Å². The molecule has 4 nitrogen and oxygen atoms in total. The monoisotopic (exact) mass is 477 g/mol. The molecule has 0 atom stereocenters. The van der Waals surface area contributed by atoms with Gasteiger partial charge in [-0.05, 0) is 79.0 Å². The molecule has 0 heterocycles. The van der Waals surface area contributed by atoms with E-state index in [2.05, 4.69) is 62.0 Å². The maximum atomic E-state index is 12.9. The highest BCUT2D eigenvalue weighted by Crippen LogP contribution is 2.26. The molecule has 2 N–H and O–H groups in total. The largest absolute Gasteiger partial charge is 0.344 e. The summed E-state index contributed by atoms with van der Waals surface area (Å²) in [6, 6.07) is 14.0. The first-order valence-corrected chi connectivity index (χ1v) is 12.8. The quantitative estimate of drug-likeness (QED) is 0.327. The van der Waals surface area contributed by atoms with Crippen LogP contribution in [0.2, 0.25) is 0 Å². The standard InChI is InChI=1S/C29H37N3O.C2H6.2H2/c1-20(29(3,4)5)18-27(30-6)31-21(2)19-22-14-16-24(17-15-22)32-28(33)26-13-9-11-23-10-7-8-12-25(23)26;1-2;;/h9,11,13-18H,2,7-8,10,12,19H2,1,3-6H3,(H,30,31)(H,32,33);1-2H3;2*1H/b20-18+;;;. The van der Waals surface area contributed by atoms with Crippen LogP contribution >= 0.6 is 0 Å². The lowest BCUT2D eigenvalue weighted by atomic mass is 9.87. The Hall–Kier alpha value is -3.14. The van der Waals surface area contributed by atoms with Crippen LogP contribution in [0.5, 0.6) is 0 Å². The van der Waals surface area contributed by atoms with Crippen molar-refractivity contribution in [3.63, 3.8) is 0 Å². The second kappa shape index (κ2) is 13.1. The van der Waals surface area contributed by atoms with Gasteiger partial charge in [0.2, 0.25) is 0 Å². The average molecular weight is 478 g/mol. The highest BCUT2D eigenvalue weighted by atomic mass is 16.1. The zero-order chi connectivity index (χ0) is 26.0. The number of hydrogen-bond donors (Lipinski definition) is 2. The molecule has 0 aromatic heterocycles. The van der Waals surface area contributed by atoms with Crippen LogP contribution in [-0.4, -0.2) is 18.8 Å². The van der Waals surface area contributed by atoms with E-state index in [1.165, 1.54) is 23.1 Å². The van der Waals surface area contributed by atoms with E-state index in [-0.39, 0.29) is 14.2 Å². The number of carbonyl (C=O) groups excluding carboxylic acids is 1. The zero-order valence-electron chi connectivity index (χ0n) is 22.7. The van der Waals surface area contributed by atoms with Gasteiger partial charge in [-0.25, -0.2) is 0 Å². The molecule has 1 amide bonds. The maximum absolute atomic E-state index is 12.9. The summed E-state index contributed by atoms with van der Waals surface area (Å²) in [5, 5.41) is 6.39. The van der Waals surface area contributed by atoms with E-state index in [1.807, 2.05) is 50.2 Å². The summed E-state index contributed by atoms with van der Waals surface area (Å²) in [4.78, 5) is 17.3. The lowest BCUT2D eigenvalue weighted by Crippen LogP contribution is -2.23. The lowest BCUT2D eigenvalue weighted by molar-refractivity contribution is 0.102. The van der Waals surface area contributed by atoms with Gasteiger partial charge in [-0.15, -0.1) is 0 Å². The van der Waals surface area contributed by atoms with E-state index in [1.54, 1.807) is 7.05 Å². The molecule has 0 saturated carbocycles. The molecule has 35 heavy (non-hydrogen) atoms. The number of anilines is 1. The van der Waals surface area contributed by atoms with E-state index in [9.17, 15) is 4.79 Å². The minimum atomic E-state index is -0.0302. The molecule has 2 aromatic carbocycles. The van der Waals surface area contributed by atoms with E-state index >= 15 is 0 Å². The Morgan fingerprint density at radius 2 is 1.74 bits per heavy atom. The van der Waals surface area contributed by atoms with E-state index in [4.69, 9.17) is 0 Å². The van der Waals surface area contributed by atoms with Gasteiger partial charge < -0.3 is 10.6 Å². The number of amides is 1. The van der Waals surface area contributed by atoms with Gasteiger partial charge in [0.25, 0.3) is 5.91 Å². The van der Waals surface area contributed by atoms with Crippen LogP contribution < -0.4 is 10.6 Å². The molecule has 1 aliphatic carbocycles. The normalized spacial score (nSPS) is 13.8. The molecular formula is C31H47N3O. The topological polar surface area (TPSA) is 53.5 Å². The minimum absolute atomic E-state index is 0. The number of hydrogen-bond acceptors (Lipinski definition) is 2. The summed E-state index contributed by atoms with van der Waals surface area (Å²) >= 11 is 0. The van der Waals surface area contributed by atoms with Crippen LogP contribution in [0.15, 0.2) is 71.4 Å². The smallest absolute Gasteiger partial charge is 0.255 e. The molecule has 2 aromatic rings. The summed E-state index contributed by atoms with van der Waals surface area (Å²) in [7, 11) is 1.78. The Kier molecular flexibility index (Phi) is 10.5. The fourth-order valence-electron chi connectivity index (χ4n) is 3.95. The molecule has 0 fully saturated rings. The van der Waals surface area contributed by atoms with Gasteiger partial charge in [-0.2, -0.15) is 0 Å². The average Bonchev–Trinajstić information content (AvgIpc) is 2.85. The van der Waals surface area contributed by atoms with Gasteiger partial charge in [-0.1, -0.05) is 71.0 Å². The van der Waals surface area contributed by atoms with Crippen molar-refractivity contribution in [2.75, 3.05) is 12.4 Å². The number of amidine groups is 1. The number of rotatable bonds is 6. The predicted octanol–water partition coefficient (Wildman–Crippen LogP) is 8.00. The summed E-state index contributed by atoms with van der Waals surface area (Å²) in [6.07, 6.45) is 7.17. The van der Waals surface area contributed by atoms with Crippen molar-refractivity contribution in [1.82, 2.24) is 5.32 Å². The van der Waals surface area contributed by atoms with Crippen LogP contribution in [0.1, 0.15) is 84.3 Å². The van der Waals surface area contributed by atoms with Crippen LogP contribution in [0.3, 0.4) is 0 Å². The van der Waals surface area contributed by atoms with Gasteiger partial charge in [0, 0.05) is 33.3 Å². The van der Waals surface area contributed by atoms with Crippen molar-refractivity contribution in [1.29, 1.82) is 0 Å². The number of allylic oxidation sites excluding steroid dienone is 2. The third kappa shape index (κ3) is 8.24. The molecule has 0 bridgehead atoms. The van der Waals surface area contributed by atoms with Gasteiger partial charge in [0.15, 0.2) is 0 Å². The molecule has 0 spiro atoms. The van der Waals surface area contributed by atoms with E-state index in [0.29, 0.717) is 6.42 Å². The van der Waals surface area contributed by atoms with Crippen molar-refractivity contribution in [2.45, 2.75) is 73.6 Å². The number of aryl methyl sites for hydroxylation is 1. The summed E-state index contributed by atoms with van der Waals surface area (Å²) in [6.45, 7) is 16.9. The van der Waals surface area contributed by atoms with Crippen molar-refractivity contribution < 1.29 is 7.65 Å². The first kappa shape index (κ1) is 28.1. The summed E-state index contributed by atoms with van der Waals surface area (Å²) < 4.78 is 0. The van der Waals surface area contributed by atoms with Crippen LogP contribution in [-0.2, 0) is 19.3 Å². The molecule has 192 valence electrons. The van der Waals surface area contributed by atoms with Crippen molar-refractivity contribution in [3.05, 3.63) is 88.6 Å². The minimum Gasteiger partial charge on any atom is -0.344 e. The van der Waals surface area contributed by atoms with Gasteiger partial charge in [0.1, 0.15) is 5.84 Å². The molecule has 0 radical (unpaired) electrons. The van der Waals surface area contributed by atoms with Crippen molar-refractivity contribution in [3.8, 4) is 0 Å². The number of aliphatic imine (C=N–C) groups is 1.